The van der Waals surface area contributed by atoms with Gasteiger partial charge in [0.15, 0.2) is 0 Å². The minimum Gasteiger partial charge on any atom is -0.330 e. The summed E-state index contributed by atoms with van der Waals surface area (Å²) in [4.78, 5) is 30.9. The lowest BCUT2D eigenvalue weighted by atomic mass is 9.91. The van der Waals surface area contributed by atoms with Gasteiger partial charge in [0.25, 0.3) is 0 Å². The zero-order valence-electron chi connectivity index (χ0n) is 19.9. The maximum atomic E-state index is 14.1. The Morgan fingerprint density at radius 2 is 1.74 bits per heavy atom. The summed E-state index contributed by atoms with van der Waals surface area (Å²) < 4.78 is 2.13. The fourth-order valence-corrected chi connectivity index (χ4v) is 5.04. The standard InChI is InChI=1S/C28H30ClN3O2/c1-28(2,3)17-25(33)31(21-13-14-21)18-26(34)32-23-11-5-4-10-22(23)30-15-7-12-24(30)27(32)19-8-6-9-20(29)16-19/h4-12,15-16,21,27H,13-14,17-18H2,1-3H3. The van der Waals surface area contributed by atoms with Gasteiger partial charge in [0, 0.05) is 23.7 Å². The van der Waals surface area contributed by atoms with Crippen molar-refractivity contribution in [3.63, 3.8) is 0 Å². The molecule has 176 valence electrons. The van der Waals surface area contributed by atoms with E-state index in [1.807, 2.05) is 71.8 Å². The Morgan fingerprint density at radius 1 is 1.00 bits per heavy atom. The molecule has 1 fully saturated rings. The van der Waals surface area contributed by atoms with Crippen LogP contribution in [0.4, 0.5) is 5.69 Å². The van der Waals surface area contributed by atoms with Crippen LogP contribution in [0.3, 0.4) is 0 Å². The number of benzene rings is 2. The molecule has 6 heteroatoms. The van der Waals surface area contributed by atoms with Crippen LogP contribution in [-0.2, 0) is 9.59 Å². The molecular weight excluding hydrogens is 446 g/mol. The van der Waals surface area contributed by atoms with E-state index in [1.54, 1.807) is 4.90 Å². The van der Waals surface area contributed by atoms with Crippen molar-refractivity contribution in [2.24, 2.45) is 5.41 Å². The van der Waals surface area contributed by atoms with Gasteiger partial charge in [-0.2, -0.15) is 0 Å². The highest BCUT2D eigenvalue weighted by Gasteiger charge is 2.40. The zero-order chi connectivity index (χ0) is 24.0. The van der Waals surface area contributed by atoms with Gasteiger partial charge in [-0.05, 0) is 60.2 Å². The topological polar surface area (TPSA) is 45.6 Å². The third kappa shape index (κ3) is 4.37. The number of para-hydroxylation sites is 2. The van der Waals surface area contributed by atoms with E-state index >= 15 is 0 Å². The second kappa shape index (κ2) is 8.62. The molecule has 1 aromatic heterocycles. The van der Waals surface area contributed by atoms with E-state index in [0.717, 1.165) is 35.5 Å². The number of hydrogen-bond donors (Lipinski definition) is 0. The molecule has 2 heterocycles. The SMILES string of the molecule is CC(C)(C)CC(=O)N(CC(=O)N1c2ccccc2-n2cccc2C1c1cccc(Cl)c1)C1CC1. The highest BCUT2D eigenvalue weighted by molar-refractivity contribution is 6.30. The second-order valence-corrected chi connectivity index (χ2v) is 10.9. The molecule has 0 saturated heterocycles. The first-order valence-corrected chi connectivity index (χ1v) is 12.2. The van der Waals surface area contributed by atoms with Crippen molar-refractivity contribution in [3.8, 4) is 5.69 Å². The molecule has 5 rings (SSSR count). The van der Waals surface area contributed by atoms with E-state index < -0.39 is 0 Å². The summed E-state index contributed by atoms with van der Waals surface area (Å²) in [5, 5.41) is 0.627. The van der Waals surface area contributed by atoms with Crippen LogP contribution in [0.1, 0.15) is 57.3 Å². The summed E-state index contributed by atoms with van der Waals surface area (Å²) in [6.45, 7) is 6.25. The number of hydrogen-bond acceptors (Lipinski definition) is 2. The number of aromatic nitrogens is 1. The average molecular weight is 476 g/mol. The average Bonchev–Trinajstić information content (AvgIpc) is 3.50. The molecule has 2 aromatic carbocycles. The van der Waals surface area contributed by atoms with E-state index in [2.05, 4.69) is 25.3 Å². The van der Waals surface area contributed by atoms with E-state index in [0.29, 0.717) is 11.4 Å². The predicted octanol–water partition coefficient (Wildman–Crippen LogP) is 5.99. The van der Waals surface area contributed by atoms with Crippen LogP contribution >= 0.6 is 11.6 Å². The summed E-state index contributed by atoms with van der Waals surface area (Å²) in [7, 11) is 0. The third-order valence-electron chi connectivity index (χ3n) is 6.45. The van der Waals surface area contributed by atoms with E-state index in [1.165, 1.54) is 0 Å². The third-order valence-corrected chi connectivity index (χ3v) is 6.68. The van der Waals surface area contributed by atoms with Gasteiger partial charge in [-0.3, -0.25) is 14.5 Å². The Kier molecular flexibility index (Phi) is 5.76. The molecule has 2 aliphatic rings. The molecule has 1 atom stereocenters. The fourth-order valence-electron chi connectivity index (χ4n) is 4.84. The molecule has 0 bridgehead atoms. The first-order valence-electron chi connectivity index (χ1n) is 11.9. The number of nitrogens with zero attached hydrogens (tertiary/aromatic N) is 3. The summed E-state index contributed by atoms with van der Waals surface area (Å²) in [5.41, 5.74) is 3.59. The number of amides is 2. The molecule has 0 N–H and O–H groups in total. The Hall–Kier alpha value is -3.05. The van der Waals surface area contributed by atoms with Crippen LogP contribution in [0.15, 0.2) is 66.9 Å². The zero-order valence-corrected chi connectivity index (χ0v) is 20.6. The molecule has 0 spiro atoms. The largest absolute Gasteiger partial charge is 0.330 e. The van der Waals surface area contributed by atoms with Crippen molar-refractivity contribution in [3.05, 3.63) is 83.1 Å². The monoisotopic (exact) mass is 475 g/mol. The lowest BCUT2D eigenvalue weighted by Crippen LogP contribution is -2.47. The van der Waals surface area contributed by atoms with E-state index in [-0.39, 0.29) is 35.9 Å². The molecule has 1 saturated carbocycles. The van der Waals surface area contributed by atoms with Crippen molar-refractivity contribution in [1.82, 2.24) is 9.47 Å². The summed E-state index contributed by atoms with van der Waals surface area (Å²) in [6.07, 6.45) is 4.37. The van der Waals surface area contributed by atoms with E-state index in [9.17, 15) is 9.59 Å². The molecule has 34 heavy (non-hydrogen) atoms. The summed E-state index contributed by atoms with van der Waals surface area (Å²) in [5.74, 6) is -0.0321. The van der Waals surface area contributed by atoms with Gasteiger partial charge >= 0.3 is 0 Å². The Balaban J connectivity index is 1.56. The van der Waals surface area contributed by atoms with Crippen LogP contribution in [0, 0.1) is 5.41 Å². The number of anilines is 1. The summed E-state index contributed by atoms with van der Waals surface area (Å²) >= 11 is 6.37. The number of rotatable bonds is 5. The highest BCUT2D eigenvalue weighted by Crippen LogP contribution is 2.43. The fraction of sp³-hybridized carbons (Fsp3) is 0.357. The molecule has 2 amide bonds. The van der Waals surface area contributed by atoms with Gasteiger partial charge in [0.1, 0.15) is 12.6 Å². The Morgan fingerprint density at radius 3 is 2.41 bits per heavy atom. The van der Waals surface area contributed by atoms with Crippen LogP contribution in [0.5, 0.6) is 0 Å². The molecule has 5 nitrogen and oxygen atoms in total. The van der Waals surface area contributed by atoms with Crippen LogP contribution in [-0.4, -0.2) is 33.9 Å². The molecule has 3 aromatic rings. The van der Waals surface area contributed by atoms with Crippen LogP contribution in [0.2, 0.25) is 5.02 Å². The highest BCUT2D eigenvalue weighted by atomic mass is 35.5. The Labute approximate surface area is 205 Å². The van der Waals surface area contributed by atoms with Crippen molar-refractivity contribution in [2.45, 2.75) is 52.1 Å². The molecule has 1 aliphatic heterocycles. The first kappa shape index (κ1) is 22.7. The van der Waals surface area contributed by atoms with Gasteiger partial charge in [-0.1, -0.05) is 56.6 Å². The maximum Gasteiger partial charge on any atom is 0.247 e. The van der Waals surface area contributed by atoms with Crippen molar-refractivity contribution >= 4 is 29.1 Å². The molecular formula is C28H30ClN3O2. The number of fused-ring (bicyclic) bond motifs is 3. The van der Waals surface area contributed by atoms with Crippen molar-refractivity contribution in [1.29, 1.82) is 0 Å². The van der Waals surface area contributed by atoms with E-state index in [4.69, 9.17) is 11.6 Å². The molecule has 1 aliphatic carbocycles. The normalized spacial score (nSPS) is 17.2. The lowest BCUT2D eigenvalue weighted by molar-refractivity contribution is -0.137. The molecule has 0 radical (unpaired) electrons. The van der Waals surface area contributed by atoms with Gasteiger partial charge in [0.05, 0.1) is 17.1 Å². The predicted molar refractivity (Wildman–Crippen MR) is 135 cm³/mol. The van der Waals surface area contributed by atoms with Gasteiger partial charge in [-0.25, -0.2) is 0 Å². The molecule has 1 unspecified atom stereocenters. The number of carbonyl (C=O) groups excluding carboxylic acids is 2. The van der Waals surface area contributed by atoms with Gasteiger partial charge in [0.2, 0.25) is 11.8 Å². The quantitative estimate of drug-likeness (QED) is 0.454. The maximum absolute atomic E-state index is 14.1. The minimum absolute atomic E-state index is 0.0522. The summed E-state index contributed by atoms with van der Waals surface area (Å²) in [6, 6.07) is 19.5. The van der Waals surface area contributed by atoms with Crippen LogP contribution in [0.25, 0.3) is 5.69 Å². The smallest absolute Gasteiger partial charge is 0.247 e. The van der Waals surface area contributed by atoms with Crippen molar-refractivity contribution < 1.29 is 9.59 Å². The minimum atomic E-state index is -0.338. The second-order valence-electron chi connectivity index (χ2n) is 10.5. The van der Waals surface area contributed by atoms with Gasteiger partial charge in [-0.15, -0.1) is 0 Å². The first-order chi connectivity index (χ1) is 16.2. The van der Waals surface area contributed by atoms with Gasteiger partial charge < -0.3 is 9.47 Å². The number of halogens is 1. The lowest BCUT2D eigenvalue weighted by Gasteiger charge is -2.39. The van der Waals surface area contributed by atoms with Crippen LogP contribution < -0.4 is 4.90 Å². The Bertz CT molecular complexity index is 1240. The number of carbonyl (C=O) groups is 2. The van der Waals surface area contributed by atoms with Crippen molar-refractivity contribution in [2.75, 3.05) is 11.4 Å².